The summed E-state index contributed by atoms with van der Waals surface area (Å²) in [5.74, 6) is 0.00528. The van der Waals surface area contributed by atoms with E-state index < -0.39 is 30.5 Å². The number of nitrogen functional groups attached to an aromatic ring is 1. The van der Waals surface area contributed by atoms with E-state index in [4.69, 9.17) is 15.2 Å². The highest BCUT2D eigenvalue weighted by molar-refractivity contribution is 7.99. The number of aliphatic hydroxyl groups is 2. The Kier molecular flexibility index (Phi) is 5.36. The van der Waals surface area contributed by atoms with E-state index in [1.807, 2.05) is 0 Å². The minimum Gasteiger partial charge on any atom is -0.461 e. The summed E-state index contributed by atoms with van der Waals surface area (Å²) < 4.78 is 12.3. The molecule has 5 N–H and O–H groups in total. The predicted octanol–water partition coefficient (Wildman–Crippen LogP) is -0.280. The number of hydrogen-bond acceptors (Lipinski definition) is 11. The Hall–Kier alpha value is -2.74. The maximum Gasteiger partial charge on any atom is 0.356 e. The largest absolute Gasteiger partial charge is 0.461 e. The van der Waals surface area contributed by atoms with Crippen molar-refractivity contribution in [1.29, 1.82) is 0 Å². The van der Waals surface area contributed by atoms with Gasteiger partial charge in [0.1, 0.15) is 29.7 Å². The quantitative estimate of drug-likeness (QED) is 0.304. The van der Waals surface area contributed by atoms with E-state index in [1.54, 1.807) is 6.92 Å². The molecular weight excluding hydrogens is 402 g/mol. The van der Waals surface area contributed by atoms with Crippen LogP contribution in [0.2, 0.25) is 0 Å². The molecule has 1 fully saturated rings. The number of hydrogen-bond donors (Lipinski definition) is 4. The first-order valence-corrected chi connectivity index (χ1v) is 9.77. The number of esters is 1. The molecule has 3 aromatic heterocycles. The molecule has 0 bridgehead atoms. The molecule has 12 nitrogen and oxygen atoms in total. The van der Waals surface area contributed by atoms with Crippen molar-refractivity contribution < 1.29 is 24.5 Å². The van der Waals surface area contributed by atoms with Crippen LogP contribution in [-0.4, -0.2) is 76.3 Å². The molecule has 13 heteroatoms. The summed E-state index contributed by atoms with van der Waals surface area (Å²) in [4.78, 5) is 30.8. The third-order valence-electron chi connectivity index (χ3n) is 4.43. The van der Waals surface area contributed by atoms with Gasteiger partial charge in [0, 0.05) is 5.75 Å². The Morgan fingerprint density at radius 1 is 1.34 bits per heavy atom. The van der Waals surface area contributed by atoms with Crippen LogP contribution in [-0.2, 0) is 9.47 Å². The van der Waals surface area contributed by atoms with Gasteiger partial charge in [-0.05, 0) is 6.92 Å². The van der Waals surface area contributed by atoms with E-state index in [9.17, 15) is 15.0 Å². The molecule has 0 aromatic carbocycles. The Labute approximate surface area is 168 Å². The zero-order valence-corrected chi connectivity index (χ0v) is 16.1. The van der Waals surface area contributed by atoms with Crippen LogP contribution in [0.25, 0.3) is 11.2 Å². The molecule has 0 unspecified atom stereocenters. The van der Waals surface area contributed by atoms with E-state index >= 15 is 0 Å². The summed E-state index contributed by atoms with van der Waals surface area (Å²) in [7, 11) is 0. The fraction of sp³-hybridized carbons (Fsp3) is 0.438. The first-order valence-electron chi connectivity index (χ1n) is 8.79. The van der Waals surface area contributed by atoms with Gasteiger partial charge in [0.25, 0.3) is 0 Å². The Morgan fingerprint density at radius 3 is 2.97 bits per heavy atom. The maximum absolute atomic E-state index is 11.7. The number of anilines is 1. The molecule has 0 aliphatic carbocycles. The molecule has 0 radical (unpaired) electrons. The summed E-state index contributed by atoms with van der Waals surface area (Å²) in [6.45, 7) is 1.98. The SMILES string of the molecule is CCOC(=O)c1cnc(SC[C@H]2O[C@@H](n3cnc4c(N)ncnc43)[C@H](O)[C@@H]2O)[nH]1. The highest BCUT2D eigenvalue weighted by Gasteiger charge is 2.44. The number of aromatic amines is 1. The van der Waals surface area contributed by atoms with Crippen LogP contribution < -0.4 is 5.73 Å². The maximum atomic E-state index is 11.7. The predicted molar refractivity (Wildman–Crippen MR) is 101 cm³/mol. The second kappa shape index (κ2) is 7.94. The van der Waals surface area contributed by atoms with Crippen LogP contribution in [0, 0.1) is 0 Å². The number of nitrogens with two attached hydrogens (primary N) is 1. The minimum atomic E-state index is -1.19. The molecule has 0 saturated carbocycles. The van der Waals surface area contributed by atoms with Gasteiger partial charge < -0.3 is 30.4 Å². The average molecular weight is 421 g/mol. The fourth-order valence-electron chi connectivity index (χ4n) is 3.00. The first-order chi connectivity index (χ1) is 14.0. The third kappa shape index (κ3) is 3.64. The number of aromatic nitrogens is 6. The Morgan fingerprint density at radius 2 is 2.17 bits per heavy atom. The third-order valence-corrected chi connectivity index (χ3v) is 5.41. The zero-order valence-electron chi connectivity index (χ0n) is 15.3. The number of thioether (sulfide) groups is 1. The number of imidazole rings is 2. The highest BCUT2D eigenvalue weighted by atomic mass is 32.2. The van der Waals surface area contributed by atoms with Gasteiger partial charge in [-0.2, -0.15) is 0 Å². The van der Waals surface area contributed by atoms with Gasteiger partial charge in [-0.3, -0.25) is 4.57 Å². The lowest BCUT2D eigenvalue weighted by Crippen LogP contribution is -2.32. The second-order valence-corrected chi connectivity index (χ2v) is 7.27. The van der Waals surface area contributed by atoms with Crippen molar-refractivity contribution in [2.75, 3.05) is 18.1 Å². The smallest absolute Gasteiger partial charge is 0.356 e. The number of nitrogens with one attached hydrogen (secondary N) is 1. The van der Waals surface area contributed by atoms with Crippen molar-refractivity contribution in [3.05, 3.63) is 24.5 Å². The molecule has 0 spiro atoms. The van der Waals surface area contributed by atoms with Crippen LogP contribution in [0.1, 0.15) is 23.6 Å². The summed E-state index contributed by atoms with van der Waals surface area (Å²) in [5, 5.41) is 21.3. The molecule has 4 rings (SSSR count). The molecule has 4 heterocycles. The summed E-state index contributed by atoms with van der Waals surface area (Å²) >= 11 is 1.24. The highest BCUT2D eigenvalue weighted by Crippen LogP contribution is 2.34. The lowest BCUT2D eigenvalue weighted by atomic mass is 10.1. The number of carbonyl (C=O) groups excluding carboxylic acids is 1. The van der Waals surface area contributed by atoms with Gasteiger partial charge in [-0.1, -0.05) is 11.8 Å². The van der Waals surface area contributed by atoms with Crippen molar-refractivity contribution in [2.24, 2.45) is 0 Å². The topological polar surface area (TPSA) is 174 Å². The lowest BCUT2D eigenvalue weighted by Gasteiger charge is -2.16. The summed E-state index contributed by atoms with van der Waals surface area (Å²) in [5.41, 5.74) is 6.81. The number of aliphatic hydroxyl groups excluding tert-OH is 2. The van der Waals surface area contributed by atoms with Crippen molar-refractivity contribution in [3.63, 3.8) is 0 Å². The number of H-pyrrole nitrogens is 1. The number of carbonyl (C=O) groups is 1. The van der Waals surface area contributed by atoms with Gasteiger partial charge >= 0.3 is 5.97 Å². The summed E-state index contributed by atoms with van der Waals surface area (Å²) in [6, 6.07) is 0. The van der Waals surface area contributed by atoms with E-state index in [-0.39, 0.29) is 23.9 Å². The van der Waals surface area contributed by atoms with E-state index in [1.165, 1.54) is 35.2 Å². The number of ether oxygens (including phenoxy) is 2. The second-order valence-electron chi connectivity index (χ2n) is 6.26. The normalized spacial score (nSPS) is 24.2. The Bertz CT molecular complexity index is 1020. The van der Waals surface area contributed by atoms with Crippen LogP contribution in [0.4, 0.5) is 5.82 Å². The minimum absolute atomic E-state index is 0.212. The average Bonchev–Trinajstić information content (AvgIpc) is 3.41. The van der Waals surface area contributed by atoms with Crippen LogP contribution in [0.3, 0.4) is 0 Å². The summed E-state index contributed by atoms with van der Waals surface area (Å²) in [6.07, 6.45) is 0.202. The Balaban J connectivity index is 1.45. The van der Waals surface area contributed by atoms with Gasteiger partial charge in [-0.25, -0.2) is 24.7 Å². The molecular formula is C16H19N7O5S. The van der Waals surface area contributed by atoms with Gasteiger partial charge in [0.05, 0.1) is 25.2 Å². The van der Waals surface area contributed by atoms with Crippen molar-refractivity contribution in [2.45, 2.75) is 36.6 Å². The fourth-order valence-corrected chi connectivity index (χ4v) is 3.91. The van der Waals surface area contributed by atoms with E-state index in [2.05, 4.69) is 24.9 Å². The molecule has 4 atom stereocenters. The number of rotatable bonds is 6. The van der Waals surface area contributed by atoms with E-state index in [0.717, 1.165) is 0 Å². The molecule has 1 aliphatic rings. The standard InChI is InChI=1S/C16H19N7O5S/c1-2-27-15(26)7-3-18-16(22-7)29-4-8-10(24)11(25)14(28-8)23-6-21-9-12(17)19-5-20-13(9)23/h3,5-6,8,10-11,14,24-25H,2,4H2,1H3,(H,18,22)(H2,17,19,20)/t8-,10-,11-,14-/m1/s1. The van der Waals surface area contributed by atoms with E-state index in [0.29, 0.717) is 16.3 Å². The lowest BCUT2D eigenvalue weighted by molar-refractivity contribution is -0.0289. The first kappa shape index (κ1) is 19.6. The van der Waals surface area contributed by atoms with Gasteiger partial charge in [0.2, 0.25) is 0 Å². The van der Waals surface area contributed by atoms with Crippen LogP contribution in [0.15, 0.2) is 24.0 Å². The number of nitrogens with zero attached hydrogens (tertiary/aromatic N) is 5. The van der Waals surface area contributed by atoms with Gasteiger partial charge in [-0.15, -0.1) is 0 Å². The molecule has 0 amide bonds. The molecule has 1 aliphatic heterocycles. The number of fused-ring (bicyclic) bond motifs is 1. The molecule has 3 aromatic rings. The van der Waals surface area contributed by atoms with Crippen LogP contribution >= 0.6 is 11.8 Å². The van der Waals surface area contributed by atoms with Crippen molar-refractivity contribution in [1.82, 2.24) is 29.5 Å². The molecule has 154 valence electrons. The van der Waals surface area contributed by atoms with Crippen molar-refractivity contribution >= 4 is 34.7 Å². The zero-order chi connectivity index (χ0) is 20.5. The van der Waals surface area contributed by atoms with Crippen LogP contribution in [0.5, 0.6) is 0 Å². The van der Waals surface area contributed by atoms with Crippen molar-refractivity contribution in [3.8, 4) is 0 Å². The van der Waals surface area contributed by atoms with Gasteiger partial charge in [0.15, 0.2) is 22.8 Å². The molecule has 1 saturated heterocycles. The monoisotopic (exact) mass is 421 g/mol. The molecule has 29 heavy (non-hydrogen) atoms.